The number of hydrogen-bond donors (Lipinski definition) is 1. The largest absolute Gasteiger partial charge is 0.347 e. The Balaban J connectivity index is 1.90. The predicted molar refractivity (Wildman–Crippen MR) is 87.7 cm³/mol. The van der Waals surface area contributed by atoms with Crippen molar-refractivity contribution in [1.82, 2.24) is 15.3 Å². The first-order valence-corrected chi connectivity index (χ1v) is 8.72. The first-order valence-electron chi connectivity index (χ1n) is 6.85. The molecule has 0 aliphatic carbocycles. The van der Waals surface area contributed by atoms with Crippen LogP contribution in [0.1, 0.15) is 36.3 Å². The van der Waals surface area contributed by atoms with Crippen LogP contribution >= 0.6 is 23.1 Å². The van der Waals surface area contributed by atoms with Gasteiger partial charge in [-0.25, -0.2) is 4.98 Å². The van der Waals surface area contributed by atoms with E-state index >= 15 is 0 Å². The van der Waals surface area contributed by atoms with Gasteiger partial charge in [0.1, 0.15) is 0 Å². The van der Waals surface area contributed by atoms with Gasteiger partial charge in [-0.1, -0.05) is 18.7 Å². The van der Waals surface area contributed by atoms with Crippen LogP contribution in [0.4, 0.5) is 0 Å². The number of nitrogens with one attached hydrogen (secondary N) is 1. The third-order valence-electron chi connectivity index (χ3n) is 2.96. The lowest BCUT2D eigenvalue weighted by Crippen LogP contribution is -2.30. The minimum Gasteiger partial charge on any atom is -0.347 e. The number of amides is 1. The zero-order valence-corrected chi connectivity index (χ0v) is 14.1. The van der Waals surface area contributed by atoms with Crippen molar-refractivity contribution in [2.24, 2.45) is 0 Å². The first-order chi connectivity index (χ1) is 10.1. The lowest BCUT2D eigenvalue weighted by atomic mass is 10.1. The molecule has 0 aromatic carbocycles. The minimum atomic E-state index is -0.0315. The van der Waals surface area contributed by atoms with Gasteiger partial charge in [0.05, 0.1) is 17.5 Å². The predicted octanol–water partition coefficient (Wildman–Crippen LogP) is 3.51. The van der Waals surface area contributed by atoms with Crippen LogP contribution in [0.15, 0.2) is 28.0 Å². The van der Waals surface area contributed by atoms with E-state index in [9.17, 15) is 4.79 Å². The van der Waals surface area contributed by atoms with Gasteiger partial charge in [0.25, 0.3) is 0 Å². The van der Waals surface area contributed by atoms with Crippen LogP contribution in [0.25, 0.3) is 0 Å². The van der Waals surface area contributed by atoms with Crippen molar-refractivity contribution in [3.63, 3.8) is 0 Å². The van der Waals surface area contributed by atoms with Gasteiger partial charge in [-0.05, 0) is 38.0 Å². The lowest BCUT2D eigenvalue weighted by Gasteiger charge is -2.16. The molecule has 0 bridgehead atoms. The van der Waals surface area contributed by atoms with Crippen molar-refractivity contribution in [3.8, 4) is 0 Å². The van der Waals surface area contributed by atoms with Gasteiger partial charge in [0, 0.05) is 17.3 Å². The van der Waals surface area contributed by atoms with Crippen molar-refractivity contribution in [2.75, 3.05) is 5.75 Å². The number of carbonyl (C=O) groups is 1. The van der Waals surface area contributed by atoms with E-state index in [0.717, 1.165) is 27.7 Å². The molecular weight excluding hydrogens is 302 g/mol. The van der Waals surface area contributed by atoms with Crippen molar-refractivity contribution >= 4 is 29.0 Å². The number of thiazole rings is 1. The summed E-state index contributed by atoms with van der Waals surface area (Å²) in [7, 11) is 0. The fraction of sp³-hybridized carbons (Fsp3) is 0.400. The summed E-state index contributed by atoms with van der Waals surface area (Å²) in [5.41, 5.74) is 3.07. The molecule has 0 saturated carbocycles. The monoisotopic (exact) mass is 321 g/mol. The Morgan fingerprint density at radius 2 is 2.29 bits per heavy atom. The smallest absolute Gasteiger partial charge is 0.230 e. The summed E-state index contributed by atoms with van der Waals surface area (Å²) < 4.78 is 0.935. The van der Waals surface area contributed by atoms with Gasteiger partial charge in [0.15, 0.2) is 4.34 Å². The van der Waals surface area contributed by atoms with E-state index in [-0.39, 0.29) is 11.9 Å². The highest BCUT2D eigenvalue weighted by atomic mass is 32.2. The topological polar surface area (TPSA) is 54.9 Å². The van der Waals surface area contributed by atoms with Gasteiger partial charge < -0.3 is 5.32 Å². The van der Waals surface area contributed by atoms with E-state index in [0.29, 0.717) is 5.75 Å². The molecule has 1 amide bonds. The van der Waals surface area contributed by atoms with E-state index in [1.54, 1.807) is 17.5 Å². The SMILES string of the molecule is CC[C@H](NC(=O)CSc1nc(C)cs1)c1cc(C)ccn1. The molecule has 0 aliphatic rings. The van der Waals surface area contributed by atoms with Crippen molar-refractivity contribution in [1.29, 1.82) is 0 Å². The third kappa shape index (κ3) is 4.82. The highest BCUT2D eigenvalue weighted by molar-refractivity contribution is 8.01. The van der Waals surface area contributed by atoms with Crippen LogP contribution < -0.4 is 5.32 Å². The van der Waals surface area contributed by atoms with Gasteiger partial charge in [0.2, 0.25) is 5.91 Å². The Labute approximate surface area is 133 Å². The molecule has 112 valence electrons. The maximum atomic E-state index is 12.1. The standard InChI is InChI=1S/C15H19N3OS2/c1-4-12(13-7-10(2)5-6-16-13)18-14(19)9-21-15-17-11(3)8-20-15/h5-8,12H,4,9H2,1-3H3,(H,18,19)/t12-/m0/s1. The van der Waals surface area contributed by atoms with E-state index in [1.807, 2.05) is 38.3 Å². The van der Waals surface area contributed by atoms with Crippen molar-refractivity contribution < 1.29 is 4.79 Å². The molecule has 21 heavy (non-hydrogen) atoms. The molecule has 6 heteroatoms. The number of hydrogen-bond acceptors (Lipinski definition) is 5. The summed E-state index contributed by atoms with van der Waals surface area (Å²) in [6.45, 7) is 6.03. The van der Waals surface area contributed by atoms with E-state index in [1.165, 1.54) is 11.8 Å². The fourth-order valence-corrected chi connectivity index (χ4v) is 3.56. The fourth-order valence-electron chi connectivity index (χ4n) is 1.90. The lowest BCUT2D eigenvalue weighted by molar-refractivity contribution is -0.119. The van der Waals surface area contributed by atoms with Gasteiger partial charge in [-0.2, -0.15) is 0 Å². The van der Waals surface area contributed by atoms with Crippen molar-refractivity contribution in [2.45, 2.75) is 37.6 Å². The molecule has 0 spiro atoms. The van der Waals surface area contributed by atoms with Gasteiger partial charge >= 0.3 is 0 Å². The second-order valence-corrected chi connectivity index (χ2v) is 6.91. The Bertz CT molecular complexity index is 612. The Hall–Kier alpha value is -1.40. The second kappa shape index (κ2) is 7.56. The minimum absolute atomic E-state index is 0.0167. The summed E-state index contributed by atoms with van der Waals surface area (Å²) >= 11 is 3.05. The van der Waals surface area contributed by atoms with Gasteiger partial charge in [-0.15, -0.1) is 11.3 Å². The average molecular weight is 321 g/mol. The number of nitrogens with zero attached hydrogens (tertiary/aromatic N) is 2. The Kier molecular flexibility index (Phi) is 5.76. The Morgan fingerprint density at radius 1 is 1.48 bits per heavy atom. The molecule has 1 atom stereocenters. The van der Waals surface area contributed by atoms with E-state index in [2.05, 4.69) is 15.3 Å². The molecule has 2 rings (SSSR count). The van der Waals surface area contributed by atoms with Crippen LogP contribution in [0.2, 0.25) is 0 Å². The number of thioether (sulfide) groups is 1. The number of pyridine rings is 1. The summed E-state index contributed by atoms with van der Waals surface area (Å²) in [6, 6.07) is 3.95. The quantitative estimate of drug-likeness (QED) is 0.827. The maximum absolute atomic E-state index is 12.1. The van der Waals surface area contributed by atoms with Crippen LogP contribution in [-0.2, 0) is 4.79 Å². The number of carbonyl (C=O) groups excluding carboxylic acids is 1. The molecule has 0 radical (unpaired) electrons. The molecule has 0 unspecified atom stereocenters. The number of aromatic nitrogens is 2. The molecule has 2 aromatic heterocycles. The van der Waals surface area contributed by atoms with Crippen LogP contribution in [0.5, 0.6) is 0 Å². The molecule has 2 heterocycles. The highest BCUT2D eigenvalue weighted by Gasteiger charge is 2.14. The van der Waals surface area contributed by atoms with Gasteiger partial charge in [-0.3, -0.25) is 9.78 Å². The van der Waals surface area contributed by atoms with E-state index < -0.39 is 0 Å². The van der Waals surface area contributed by atoms with E-state index in [4.69, 9.17) is 0 Å². The second-order valence-electron chi connectivity index (χ2n) is 4.83. The normalized spacial score (nSPS) is 12.1. The molecule has 0 fully saturated rings. The van der Waals surface area contributed by atoms with Crippen molar-refractivity contribution in [3.05, 3.63) is 40.7 Å². The summed E-state index contributed by atoms with van der Waals surface area (Å²) in [5, 5.41) is 5.03. The summed E-state index contributed by atoms with van der Waals surface area (Å²) in [4.78, 5) is 20.8. The molecule has 4 nitrogen and oxygen atoms in total. The molecule has 0 aliphatic heterocycles. The third-order valence-corrected chi connectivity index (χ3v) is 5.10. The number of aryl methyl sites for hydroxylation is 2. The highest BCUT2D eigenvalue weighted by Crippen LogP contribution is 2.22. The zero-order chi connectivity index (χ0) is 15.2. The number of rotatable bonds is 6. The van der Waals surface area contributed by atoms with Crippen LogP contribution in [0, 0.1) is 13.8 Å². The molecule has 2 aromatic rings. The zero-order valence-electron chi connectivity index (χ0n) is 12.4. The average Bonchev–Trinajstić information content (AvgIpc) is 2.88. The summed E-state index contributed by atoms with van der Waals surface area (Å²) in [5.74, 6) is 0.401. The molecule has 0 saturated heterocycles. The molecular formula is C15H19N3OS2. The van der Waals surface area contributed by atoms with Crippen LogP contribution in [-0.4, -0.2) is 21.6 Å². The first kappa shape index (κ1) is 16.0. The summed E-state index contributed by atoms with van der Waals surface area (Å²) in [6.07, 6.45) is 2.61. The maximum Gasteiger partial charge on any atom is 0.230 e. The Morgan fingerprint density at radius 3 is 2.90 bits per heavy atom. The molecule has 1 N–H and O–H groups in total. The van der Waals surface area contributed by atoms with Crippen LogP contribution in [0.3, 0.4) is 0 Å².